The highest BCUT2D eigenvalue weighted by Crippen LogP contribution is 2.17. The maximum Gasteiger partial charge on any atom is 0.144 e. The Balaban J connectivity index is 4.15. The molecule has 0 heterocycles. The molecular formula is C11H21NOS. The van der Waals surface area contributed by atoms with Crippen LogP contribution in [0.15, 0.2) is 16.5 Å². The van der Waals surface area contributed by atoms with Gasteiger partial charge in [-0.3, -0.25) is 0 Å². The number of nitrogens with zero attached hydrogens (tertiary/aromatic N) is 1. The lowest BCUT2D eigenvalue weighted by atomic mass is 9.97. The summed E-state index contributed by atoms with van der Waals surface area (Å²) in [7, 11) is 0. The summed E-state index contributed by atoms with van der Waals surface area (Å²) in [5.74, 6) is 0. The third-order valence-corrected chi connectivity index (χ3v) is 2.72. The maximum atomic E-state index is 11.5. The molecule has 0 bridgehead atoms. The smallest absolute Gasteiger partial charge is 0.144 e. The first kappa shape index (κ1) is 13.7. The minimum atomic E-state index is -1.15. The van der Waals surface area contributed by atoms with Crippen LogP contribution in [0.25, 0.3) is 0 Å². The first-order valence-corrected chi connectivity index (χ1v) is 5.87. The van der Waals surface area contributed by atoms with E-state index in [0.717, 1.165) is 0 Å². The van der Waals surface area contributed by atoms with Gasteiger partial charge in [0, 0.05) is 0 Å². The number of allylic oxidation sites excluding steroid dienone is 2. The molecule has 82 valence electrons. The quantitative estimate of drug-likeness (QED) is 0.515. The molecular weight excluding hydrogens is 194 g/mol. The zero-order valence-electron chi connectivity index (χ0n) is 10.00. The summed E-state index contributed by atoms with van der Waals surface area (Å²) < 4.78 is 15.2. The Hall–Kier alpha value is -0.280. The highest BCUT2D eigenvalue weighted by Gasteiger charge is 2.25. The summed E-state index contributed by atoms with van der Waals surface area (Å²) in [5.41, 5.74) is 0.148. The van der Waals surface area contributed by atoms with Gasteiger partial charge in [0.2, 0.25) is 0 Å². The molecule has 0 aliphatic carbocycles. The van der Waals surface area contributed by atoms with Crippen LogP contribution in [-0.2, 0) is 11.4 Å². The largest absolute Gasteiger partial charge is 0.591 e. The third-order valence-electron chi connectivity index (χ3n) is 1.36. The molecule has 0 radical (unpaired) electrons. The molecule has 0 saturated heterocycles. The van der Waals surface area contributed by atoms with Crippen molar-refractivity contribution in [1.29, 1.82) is 0 Å². The second-order valence-corrected chi connectivity index (χ2v) is 7.28. The summed E-state index contributed by atoms with van der Waals surface area (Å²) in [6.07, 6.45) is 5.51. The Morgan fingerprint density at radius 1 is 1.07 bits per heavy atom. The van der Waals surface area contributed by atoms with Crippen LogP contribution in [0.1, 0.15) is 41.5 Å². The van der Waals surface area contributed by atoms with Crippen LogP contribution in [0, 0.1) is 5.41 Å². The second-order valence-electron chi connectivity index (χ2n) is 5.34. The topological polar surface area (TPSA) is 35.4 Å². The lowest BCUT2D eigenvalue weighted by molar-refractivity contribution is 0.545. The van der Waals surface area contributed by atoms with Gasteiger partial charge in [0.1, 0.15) is 16.1 Å². The summed E-state index contributed by atoms with van der Waals surface area (Å²) in [4.78, 5) is 0. The van der Waals surface area contributed by atoms with Crippen LogP contribution in [0.4, 0.5) is 0 Å². The second kappa shape index (κ2) is 4.99. The van der Waals surface area contributed by atoms with E-state index in [1.54, 1.807) is 6.21 Å². The lowest BCUT2D eigenvalue weighted by Gasteiger charge is -2.17. The predicted molar refractivity (Wildman–Crippen MR) is 65.0 cm³/mol. The van der Waals surface area contributed by atoms with E-state index >= 15 is 0 Å². The standard InChI is InChI=1S/C11H21NOS/c1-10(2,3)8-7-9-12-14(13)11(4,5)6/h7-9H,1-6H3/b8-7+,12-9+. The highest BCUT2D eigenvalue weighted by atomic mass is 32.2. The van der Waals surface area contributed by atoms with Crippen molar-refractivity contribution in [1.82, 2.24) is 0 Å². The minimum absolute atomic E-state index is 0.148. The van der Waals surface area contributed by atoms with E-state index in [1.165, 1.54) is 0 Å². The molecule has 3 heteroatoms. The molecule has 2 nitrogen and oxygen atoms in total. The van der Waals surface area contributed by atoms with Gasteiger partial charge in [0.25, 0.3) is 0 Å². The first-order chi connectivity index (χ1) is 6.13. The van der Waals surface area contributed by atoms with Gasteiger partial charge in [0.15, 0.2) is 0 Å². The average molecular weight is 215 g/mol. The molecule has 0 fully saturated rings. The van der Waals surface area contributed by atoms with Crippen LogP contribution in [0.3, 0.4) is 0 Å². The summed E-state index contributed by atoms with van der Waals surface area (Å²) in [5, 5.41) is 0. The highest BCUT2D eigenvalue weighted by molar-refractivity contribution is 7.91. The van der Waals surface area contributed by atoms with Crippen LogP contribution in [-0.4, -0.2) is 15.5 Å². The molecule has 0 spiro atoms. The molecule has 0 saturated carbocycles. The van der Waals surface area contributed by atoms with E-state index in [-0.39, 0.29) is 10.2 Å². The fraction of sp³-hybridized carbons (Fsp3) is 0.727. The lowest BCUT2D eigenvalue weighted by Crippen LogP contribution is -2.25. The van der Waals surface area contributed by atoms with Crippen molar-refractivity contribution in [2.45, 2.75) is 46.3 Å². The molecule has 0 aromatic heterocycles. The van der Waals surface area contributed by atoms with E-state index in [4.69, 9.17) is 0 Å². The molecule has 0 amide bonds. The molecule has 0 aliphatic heterocycles. The van der Waals surface area contributed by atoms with Crippen molar-refractivity contribution < 1.29 is 4.55 Å². The van der Waals surface area contributed by atoms with E-state index < -0.39 is 11.4 Å². The Morgan fingerprint density at radius 2 is 1.57 bits per heavy atom. The summed E-state index contributed by atoms with van der Waals surface area (Å²) >= 11 is -1.15. The van der Waals surface area contributed by atoms with Crippen LogP contribution < -0.4 is 0 Å². The fourth-order valence-corrected chi connectivity index (χ4v) is 1.08. The van der Waals surface area contributed by atoms with Gasteiger partial charge in [-0.25, -0.2) is 0 Å². The number of rotatable bonds is 2. The summed E-state index contributed by atoms with van der Waals surface area (Å²) in [6.45, 7) is 12.1. The minimum Gasteiger partial charge on any atom is -0.591 e. The molecule has 0 rings (SSSR count). The third kappa shape index (κ3) is 7.15. The van der Waals surface area contributed by atoms with Crippen molar-refractivity contribution in [2.24, 2.45) is 9.81 Å². The predicted octanol–water partition coefficient (Wildman–Crippen LogP) is 3.12. The van der Waals surface area contributed by atoms with E-state index in [0.29, 0.717) is 0 Å². The van der Waals surface area contributed by atoms with E-state index in [9.17, 15) is 4.55 Å². The van der Waals surface area contributed by atoms with Crippen LogP contribution in [0.2, 0.25) is 0 Å². The van der Waals surface area contributed by atoms with Gasteiger partial charge in [0.05, 0.1) is 6.21 Å². The van der Waals surface area contributed by atoms with Crippen molar-refractivity contribution in [2.75, 3.05) is 0 Å². The maximum absolute atomic E-state index is 11.5. The zero-order chi connectivity index (χ0) is 11.4. The van der Waals surface area contributed by atoms with Gasteiger partial charge < -0.3 is 4.55 Å². The van der Waals surface area contributed by atoms with Crippen molar-refractivity contribution in [3.63, 3.8) is 0 Å². The number of hydrogen-bond acceptors (Lipinski definition) is 2. The average Bonchev–Trinajstić information content (AvgIpc) is 1.93. The van der Waals surface area contributed by atoms with E-state index in [2.05, 4.69) is 25.2 Å². The zero-order valence-corrected chi connectivity index (χ0v) is 10.8. The van der Waals surface area contributed by atoms with Gasteiger partial charge in [-0.2, -0.15) is 0 Å². The van der Waals surface area contributed by atoms with Gasteiger partial charge in [-0.05, 0) is 32.3 Å². The molecule has 1 atom stereocenters. The molecule has 14 heavy (non-hydrogen) atoms. The number of hydrogen-bond donors (Lipinski definition) is 0. The molecule has 0 aromatic carbocycles. The van der Waals surface area contributed by atoms with E-state index in [1.807, 2.05) is 32.9 Å². The Kier molecular flexibility index (Phi) is 4.89. The fourth-order valence-electron chi connectivity index (χ4n) is 0.580. The molecule has 0 N–H and O–H groups in total. The Morgan fingerprint density at radius 3 is 1.93 bits per heavy atom. The van der Waals surface area contributed by atoms with Gasteiger partial charge >= 0.3 is 0 Å². The molecule has 0 aliphatic rings. The molecule has 0 aromatic rings. The monoisotopic (exact) mass is 215 g/mol. The van der Waals surface area contributed by atoms with Crippen LogP contribution >= 0.6 is 0 Å². The van der Waals surface area contributed by atoms with Gasteiger partial charge in [-0.1, -0.05) is 31.2 Å². The van der Waals surface area contributed by atoms with Crippen molar-refractivity contribution in [3.05, 3.63) is 12.2 Å². The van der Waals surface area contributed by atoms with Crippen molar-refractivity contribution in [3.8, 4) is 0 Å². The van der Waals surface area contributed by atoms with Gasteiger partial charge in [-0.15, -0.1) is 0 Å². The molecule has 1 unspecified atom stereocenters. The normalized spacial score (nSPS) is 16.8. The van der Waals surface area contributed by atoms with Crippen molar-refractivity contribution >= 4 is 17.6 Å². The first-order valence-electron chi connectivity index (χ1n) is 4.77. The Labute approximate surface area is 90.8 Å². The Bertz CT molecular complexity index is 220. The summed E-state index contributed by atoms with van der Waals surface area (Å²) in [6, 6.07) is 0. The van der Waals surface area contributed by atoms with Crippen LogP contribution in [0.5, 0.6) is 0 Å². The SMILES string of the molecule is CC(C)(C)/C=C/C=N/[S+]([O-])C(C)(C)C.